The van der Waals surface area contributed by atoms with Gasteiger partial charge < -0.3 is 14.2 Å². The summed E-state index contributed by atoms with van der Waals surface area (Å²) < 4.78 is 19.9. The molecule has 4 rings (SSSR count). The van der Waals surface area contributed by atoms with Crippen molar-refractivity contribution in [3.63, 3.8) is 0 Å². The van der Waals surface area contributed by atoms with Crippen molar-refractivity contribution in [3.8, 4) is 0 Å². The van der Waals surface area contributed by atoms with Gasteiger partial charge in [0.2, 0.25) is 0 Å². The van der Waals surface area contributed by atoms with Gasteiger partial charge in [-0.25, -0.2) is 0 Å². The fraction of sp³-hybridized carbons (Fsp3) is 0.842. The molecule has 0 bridgehead atoms. The lowest BCUT2D eigenvalue weighted by molar-refractivity contribution is -0.0784. The number of aryl methyl sites for hydroxylation is 1. The van der Waals surface area contributed by atoms with Crippen molar-refractivity contribution in [2.24, 2.45) is 5.92 Å². The maximum absolute atomic E-state index is 6.26. The molecule has 0 radical (unpaired) electrons. The van der Waals surface area contributed by atoms with E-state index < -0.39 is 0 Å². The van der Waals surface area contributed by atoms with Crippen LogP contribution in [0, 0.1) is 5.92 Å². The number of hydrogen-bond donors (Lipinski definition) is 0. The molecule has 0 spiro atoms. The highest BCUT2D eigenvalue weighted by atomic mass is 16.5. The second kappa shape index (κ2) is 8.62. The summed E-state index contributed by atoms with van der Waals surface area (Å²) in [7, 11) is 0. The Morgan fingerprint density at radius 1 is 1.16 bits per heavy atom. The molecule has 1 aromatic rings. The Labute approximate surface area is 150 Å². The lowest BCUT2D eigenvalue weighted by Gasteiger charge is -2.34. The van der Waals surface area contributed by atoms with E-state index in [0.29, 0.717) is 6.04 Å². The molecule has 3 aliphatic heterocycles. The molecule has 0 amide bonds. The van der Waals surface area contributed by atoms with E-state index in [2.05, 4.69) is 10.00 Å². The van der Waals surface area contributed by atoms with Gasteiger partial charge in [0.1, 0.15) is 6.10 Å². The number of aromatic nitrogens is 2. The number of likely N-dealkylation sites (tertiary alicyclic amines) is 1. The van der Waals surface area contributed by atoms with Crippen molar-refractivity contribution >= 4 is 0 Å². The molecule has 6 nitrogen and oxygen atoms in total. The van der Waals surface area contributed by atoms with E-state index in [0.717, 1.165) is 51.9 Å². The number of nitrogens with zero attached hydrogens (tertiary/aromatic N) is 3. The van der Waals surface area contributed by atoms with Gasteiger partial charge in [-0.05, 0) is 44.1 Å². The van der Waals surface area contributed by atoms with Crippen molar-refractivity contribution in [2.45, 2.75) is 56.9 Å². The third-order valence-corrected chi connectivity index (χ3v) is 5.84. The molecule has 3 aliphatic rings. The average Bonchev–Trinajstić information content (AvgIpc) is 3.29. The zero-order chi connectivity index (χ0) is 16.9. The highest BCUT2D eigenvalue weighted by Gasteiger charge is 2.45. The molecular weight excluding hydrogens is 318 g/mol. The molecule has 0 saturated carbocycles. The number of hydrogen-bond acceptors (Lipinski definition) is 5. The summed E-state index contributed by atoms with van der Waals surface area (Å²) in [5.41, 5.74) is 0. The molecular formula is C19H31N3O3. The van der Waals surface area contributed by atoms with Crippen molar-refractivity contribution in [2.75, 3.05) is 39.5 Å². The molecule has 3 atom stereocenters. The van der Waals surface area contributed by atoms with E-state index in [-0.39, 0.29) is 12.2 Å². The lowest BCUT2D eigenvalue weighted by atomic mass is 9.97. The van der Waals surface area contributed by atoms with Crippen LogP contribution in [0.3, 0.4) is 0 Å². The van der Waals surface area contributed by atoms with Crippen molar-refractivity contribution in [3.05, 3.63) is 18.5 Å². The third-order valence-electron chi connectivity index (χ3n) is 5.84. The molecule has 0 unspecified atom stereocenters. The Balaban J connectivity index is 1.27. The molecule has 3 fully saturated rings. The molecule has 6 heteroatoms. The minimum Gasteiger partial charge on any atom is -0.381 e. The van der Waals surface area contributed by atoms with E-state index in [9.17, 15) is 0 Å². The standard InChI is InChI=1S/C19H31N3O3/c1-4-17-19(25-10-1)18(24-11-3-9-22-8-2-7-20-22)15-21(17)14-16-5-12-23-13-6-16/h2,7-8,16-19H,1,3-6,9-15H2/t17-,18-,19+/m1/s1. The van der Waals surface area contributed by atoms with Gasteiger partial charge in [0, 0.05) is 64.5 Å². The highest BCUT2D eigenvalue weighted by Crippen LogP contribution is 2.32. The summed E-state index contributed by atoms with van der Waals surface area (Å²) in [5, 5.41) is 4.25. The van der Waals surface area contributed by atoms with Crippen LogP contribution in [0.4, 0.5) is 0 Å². The van der Waals surface area contributed by atoms with Gasteiger partial charge in [-0.2, -0.15) is 5.10 Å². The van der Waals surface area contributed by atoms with Gasteiger partial charge >= 0.3 is 0 Å². The van der Waals surface area contributed by atoms with Gasteiger partial charge in [-0.3, -0.25) is 9.58 Å². The molecule has 0 N–H and O–H groups in total. The van der Waals surface area contributed by atoms with Crippen molar-refractivity contribution < 1.29 is 14.2 Å². The van der Waals surface area contributed by atoms with Crippen LogP contribution < -0.4 is 0 Å². The number of ether oxygens (including phenoxy) is 3. The van der Waals surface area contributed by atoms with Gasteiger partial charge in [0.15, 0.2) is 0 Å². The van der Waals surface area contributed by atoms with E-state index in [1.807, 2.05) is 23.1 Å². The van der Waals surface area contributed by atoms with E-state index in [4.69, 9.17) is 14.2 Å². The Kier molecular flexibility index (Phi) is 6.02. The fourth-order valence-electron chi connectivity index (χ4n) is 4.52. The van der Waals surface area contributed by atoms with Crippen LogP contribution in [0.1, 0.15) is 32.1 Å². The highest BCUT2D eigenvalue weighted by molar-refractivity contribution is 4.97. The lowest BCUT2D eigenvalue weighted by Crippen LogP contribution is -2.43. The topological polar surface area (TPSA) is 48.8 Å². The third kappa shape index (κ3) is 4.42. The minimum absolute atomic E-state index is 0.225. The summed E-state index contributed by atoms with van der Waals surface area (Å²) in [4.78, 5) is 2.65. The van der Waals surface area contributed by atoms with Crippen LogP contribution in [-0.4, -0.2) is 72.4 Å². The fourth-order valence-corrected chi connectivity index (χ4v) is 4.52. The summed E-state index contributed by atoms with van der Waals surface area (Å²) in [6.07, 6.45) is 10.1. The second-order valence-electron chi connectivity index (χ2n) is 7.59. The molecule has 0 aromatic carbocycles. The molecule has 4 heterocycles. The monoisotopic (exact) mass is 349 g/mol. The van der Waals surface area contributed by atoms with E-state index >= 15 is 0 Å². The van der Waals surface area contributed by atoms with Crippen molar-refractivity contribution in [1.29, 1.82) is 0 Å². The van der Waals surface area contributed by atoms with Crippen LogP contribution in [0.5, 0.6) is 0 Å². The van der Waals surface area contributed by atoms with Gasteiger partial charge in [-0.1, -0.05) is 0 Å². The molecule has 140 valence electrons. The first kappa shape index (κ1) is 17.5. The SMILES string of the molecule is c1cnn(CCCO[C@@H]2CN(CC3CCOCC3)[C@@H]3CCCO[C@@H]32)c1. The molecule has 3 saturated heterocycles. The zero-order valence-corrected chi connectivity index (χ0v) is 15.1. The van der Waals surface area contributed by atoms with E-state index in [1.165, 1.54) is 32.2 Å². The van der Waals surface area contributed by atoms with Gasteiger partial charge in [0.25, 0.3) is 0 Å². The smallest absolute Gasteiger partial charge is 0.100 e. The summed E-state index contributed by atoms with van der Waals surface area (Å²) in [5.74, 6) is 0.773. The molecule has 0 aliphatic carbocycles. The Morgan fingerprint density at radius 2 is 2.08 bits per heavy atom. The number of fused-ring (bicyclic) bond motifs is 1. The van der Waals surface area contributed by atoms with Crippen LogP contribution >= 0.6 is 0 Å². The summed E-state index contributed by atoms with van der Waals surface area (Å²) >= 11 is 0. The Hall–Kier alpha value is -0.950. The summed E-state index contributed by atoms with van der Waals surface area (Å²) in [6, 6.07) is 2.51. The minimum atomic E-state index is 0.225. The Bertz CT molecular complexity index is 504. The van der Waals surface area contributed by atoms with Crippen LogP contribution in [0.15, 0.2) is 18.5 Å². The first-order valence-corrected chi connectivity index (χ1v) is 9.92. The molecule has 1 aromatic heterocycles. The van der Waals surface area contributed by atoms with Crippen LogP contribution in [0.25, 0.3) is 0 Å². The zero-order valence-electron chi connectivity index (χ0n) is 15.1. The second-order valence-corrected chi connectivity index (χ2v) is 7.59. The number of rotatable bonds is 7. The van der Waals surface area contributed by atoms with E-state index in [1.54, 1.807) is 0 Å². The Morgan fingerprint density at radius 3 is 2.92 bits per heavy atom. The first-order valence-electron chi connectivity index (χ1n) is 9.92. The molecule has 25 heavy (non-hydrogen) atoms. The normalized spacial score (nSPS) is 31.3. The average molecular weight is 349 g/mol. The maximum atomic E-state index is 6.26. The van der Waals surface area contributed by atoms with Crippen LogP contribution in [0.2, 0.25) is 0 Å². The predicted molar refractivity (Wildman–Crippen MR) is 94.5 cm³/mol. The summed E-state index contributed by atoms with van der Waals surface area (Å²) in [6.45, 7) is 6.64. The van der Waals surface area contributed by atoms with Crippen molar-refractivity contribution in [1.82, 2.24) is 14.7 Å². The predicted octanol–water partition coefficient (Wildman–Crippen LogP) is 1.95. The first-order chi connectivity index (χ1) is 12.4. The quantitative estimate of drug-likeness (QED) is 0.704. The van der Waals surface area contributed by atoms with Gasteiger partial charge in [-0.15, -0.1) is 0 Å². The maximum Gasteiger partial charge on any atom is 0.100 e. The largest absolute Gasteiger partial charge is 0.381 e. The van der Waals surface area contributed by atoms with Crippen LogP contribution in [-0.2, 0) is 20.8 Å². The van der Waals surface area contributed by atoms with Gasteiger partial charge in [0.05, 0.1) is 6.10 Å².